The molecule has 0 spiro atoms. The van der Waals surface area contributed by atoms with Crippen molar-refractivity contribution in [2.45, 2.75) is 77.7 Å². The Kier molecular flexibility index (Phi) is 6.13. The van der Waals surface area contributed by atoms with Crippen LogP contribution in [0, 0.1) is 23.7 Å². The zero-order chi connectivity index (χ0) is 19.6. The minimum Gasteiger partial charge on any atom is -0.462 e. The van der Waals surface area contributed by atoms with Gasteiger partial charge in [-0.05, 0) is 54.9 Å². The quantitative estimate of drug-likeness (QED) is 0.450. The van der Waals surface area contributed by atoms with E-state index in [1.807, 2.05) is 6.92 Å². The van der Waals surface area contributed by atoms with E-state index in [-0.39, 0.29) is 23.4 Å². The molecule has 0 N–H and O–H groups in total. The zero-order valence-electron chi connectivity index (χ0n) is 17.5. The fourth-order valence-electron chi connectivity index (χ4n) is 5.33. The maximum Gasteiger partial charge on any atom is 0.309 e. The first kappa shape index (κ1) is 20.2. The van der Waals surface area contributed by atoms with Gasteiger partial charge in [0, 0.05) is 5.92 Å². The van der Waals surface area contributed by atoms with Crippen LogP contribution in [0.5, 0.6) is 0 Å². The molecule has 0 unspecified atom stereocenters. The molecule has 2 aliphatic carbocycles. The number of carbonyl (C=O) groups is 1. The van der Waals surface area contributed by atoms with Gasteiger partial charge >= 0.3 is 5.97 Å². The molecule has 27 heavy (non-hydrogen) atoms. The van der Waals surface area contributed by atoms with Crippen LogP contribution < -0.4 is 0 Å². The first-order chi connectivity index (χ1) is 12.8. The smallest absolute Gasteiger partial charge is 0.309 e. The van der Waals surface area contributed by atoms with Gasteiger partial charge in [0.2, 0.25) is 0 Å². The summed E-state index contributed by atoms with van der Waals surface area (Å²) in [5.41, 5.74) is 2.56. The fourth-order valence-corrected chi connectivity index (χ4v) is 5.33. The van der Waals surface area contributed by atoms with Gasteiger partial charge in [-0.3, -0.25) is 4.79 Å². The van der Waals surface area contributed by atoms with Gasteiger partial charge in [0.25, 0.3) is 0 Å². The van der Waals surface area contributed by atoms with Crippen molar-refractivity contribution in [3.8, 4) is 0 Å². The normalized spacial score (nSPS) is 30.1. The van der Waals surface area contributed by atoms with Crippen molar-refractivity contribution in [3.05, 3.63) is 48.0 Å². The molecule has 0 bridgehead atoms. The van der Waals surface area contributed by atoms with E-state index in [1.165, 1.54) is 17.6 Å². The molecule has 2 fully saturated rings. The Morgan fingerprint density at radius 1 is 1.19 bits per heavy atom. The number of allylic oxidation sites excluding steroid dienone is 1. The van der Waals surface area contributed by atoms with E-state index in [0.717, 1.165) is 32.1 Å². The monoisotopic (exact) mass is 368 g/mol. The van der Waals surface area contributed by atoms with Crippen LogP contribution in [0.3, 0.4) is 0 Å². The van der Waals surface area contributed by atoms with Gasteiger partial charge in [-0.15, -0.1) is 0 Å². The molecule has 0 saturated heterocycles. The van der Waals surface area contributed by atoms with Gasteiger partial charge in [-0.2, -0.15) is 0 Å². The molecular formula is C25H36O2. The van der Waals surface area contributed by atoms with Crippen LogP contribution in [-0.4, -0.2) is 12.1 Å². The van der Waals surface area contributed by atoms with E-state index in [2.05, 4.69) is 57.7 Å². The Hall–Kier alpha value is -1.57. The van der Waals surface area contributed by atoms with Crippen LogP contribution in [0.2, 0.25) is 0 Å². The molecule has 148 valence electrons. The van der Waals surface area contributed by atoms with Crippen molar-refractivity contribution < 1.29 is 9.53 Å². The van der Waals surface area contributed by atoms with E-state index in [4.69, 9.17) is 4.74 Å². The van der Waals surface area contributed by atoms with E-state index >= 15 is 0 Å². The Bertz CT molecular complexity index is 660. The summed E-state index contributed by atoms with van der Waals surface area (Å²) in [6, 6.07) is 10.7. The van der Waals surface area contributed by atoms with Crippen molar-refractivity contribution in [2.24, 2.45) is 23.7 Å². The van der Waals surface area contributed by atoms with Gasteiger partial charge in [0.1, 0.15) is 6.10 Å². The van der Waals surface area contributed by atoms with Crippen molar-refractivity contribution in [3.63, 3.8) is 0 Å². The molecule has 1 aromatic carbocycles. The highest BCUT2D eigenvalue weighted by atomic mass is 16.5. The highest BCUT2D eigenvalue weighted by Crippen LogP contribution is 2.44. The first-order valence-corrected chi connectivity index (χ1v) is 10.7. The Morgan fingerprint density at radius 3 is 2.52 bits per heavy atom. The Balaban J connectivity index is 1.76. The molecule has 0 heterocycles. The third-order valence-electron chi connectivity index (χ3n) is 7.28. The Morgan fingerprint density at radius 2 is 1.89 bits per heavy atom. The number of carbonyl (C=O) groups excluding carboxylic acids is 1. The highest BCUT2D eigenvalue weighted by Gasteiger charge is 2.43. The maximum absolute atomic E-state index is 13.0. The summed E-state index contributed by atoms with van der Waals surface area (Å²) in [6.07, 6.45) is 6.61. The molecule has 1 aromatic rings. The molecule has 2 heteroatoms. The second-order valence-electron chi connectivity index (χ2n) is 9.53. The van der Waals surface area contributed by atoms with Crippen LogP contribution in [0.15, 0.2) is 42.5 Å². The number of rotatable bonds is 5. The molecular weight excluding hydrogens is 332 g/mol. The lowest BCUT2D eigenvalue weighted by Gasteiger charge is -2.44. The third kappa shape index (κ3) is 4.31. The van der Waals surface area contributed by atoms with Crippen LogP contribution >= 0.6 is 0 Å². The lowest BCUT2D eigenvalue weighted by atomic mass is 9.64. The largest absolute Gasteiger partial charge is 0.462 e. The molecule has 5 atom stereocenters. The number of ether oxygens (including phenoxy) is 1. The van der Waals surface area contributed by atoms with Crippen molar-refractivity contribution >= 4 is 5.97 Å². The van der Waals surface area contributed by atoms with Gasteiger partial charge in [-0.25, -0.2) is 0 Å². The molecule has 0 aromatic heterocycles. The van der Waals surface area contributed by atoms with Crippen LogP contribution in [0.4, 0.5) is 0 Å². The Labute approximate surface area is 165 Å². The SMILES string of the molecule is C=C1CCC[C@H]1[C@@H](C)C(=O)O[C@@H]1C[C@H](C)CC[C@H]1C(C)(C)c1ccccc1. The van der Waals surface area contributed by atoms with Crippen molar-refractivity contribution in [1.82, 2.24) is 0 Å². The average Bonchev–Trinajstić information content (AvgIpc) is 3.07. The van der Waals surface area contributed by atoms with Gasteiger partial charge in [-0.1, -0.05) is 76.6 Å². The topological polar surface area (TPSA) is 26.3 Å². The molecule has 0 aliphatic heterocycles. The minimum atomic E-state index is -0.0716. The first-order valence-electron chi connectivity index (χ1n) is 10.7. The number of hydrogen-bond acceptors (Lipinski definition) is 2. The molecule has 3 rings (SSSR count). The number of benzene rings is 1. The standard InChI is InChI=1S/C25H36O2/c1-17-14-15-22(25(4,5)20-11-7-6-8-12-20)23(16-17)27-24(26)19(3)21-13-9-10-18(21)2/h6-8,11-12,17,19,21-23H,2,9-10,13-16H2,1,3-5H3/t17-,19-,21-,22-,23-/m1/s1. The summed E-state index contributed by atoms with van der Waals surface area (Å²) < 4.78 is 6.22. The summed E-state index contributed by atoms with van der Waals surface area (Å²) in [5.74, 6) is 1.19. The third-order valence-corrected chi connectivity index (χ3v) is 7.28. The maximum atomic E-state index is 13.0. The summed E-state index contributed by atoms with van der Waals surface area (Å²) in [6.45, 7) is 13.1. The van der Waals surface area contributed by atoms with Gasteiger partial charge < -0.3 is 4.74 Å². The minimum absolute atomic E-state index is 0.00740. The summed E-state index contributed by atoms with van der Waals surface area (Å²) in [4.78, 5) is 13.0. The van der Waals surface area contributed by atoms with Gasteiger partial charge in [0.05, 0.1) is 5.92 Å². The molecule has 2 aliphatic rings. The van der Waals surface area contributed by atoms with Crippen LogP contribution in [0.25, 0.3) is 0 Å². The zero-order valence-corrected chi connectivity index (χ0v) is 17.5. The van der Waals surface area contributed by atoms with Gasteiger partial charge in [0.15, 0.2) is 0 Å². The average molecular weight is 369 g/mol. The molecule has 2 nitrogen and oxygen atoms in total. The highest BCUT2D eigenvalue weighted by molar-refractivity contribution is 5.73. The lowest BCUT2D eigenvalue weighted by Crippen LogP contribution is -2.44. The predicted molar refractivity (Wildman–Crippen MR) is 111 cm³/mol. The fraction of sp³-hybridized carbons (Fsp3) is 0.640. The number of esters is 1. The lowest BCUT2D eigenvalue weighted by molar-refractivity contribution is -0.162. The summed E-state index contributed by atoms with van der Waals surface area (Å²) in [5, 5.41) is 0. The second kappa shape index (κ2) is 8.20. The van der Waals surface area contributed by atoms with E-state index in [0.29, 0.717) is 17.8 Å². The van der Waals surface area contributed by atoms with E-state index < -0.39 is 0 Å². The van der Waals surface area contributed by atoms with E-state index in [9.17, 15) is 4.79 Å². The summed E-state index contributed by atoms with van der Waals surface area (Å²) in [7, 11) is 0. The van der Waals surface area contributed by atoms with Crippen LogP contribution in [-0.2, 0) is 14.9 Å². The number of hydrogen-bond donors (Lipinski definition) is 0. The second-order valence-corrected chi connectivity index (χ2v) is 9.53. The van der Waals surface area contributed by atoms with Crippen molar-refractivity contribution in [2.75, 3.05) is 0 Å². The predicted octanol–water partition coefficient (Wildman–Crippen LogP) is 6.30. The molecule has 0 amide bonds. The van der Waals surface area contributed by atoms with Crippen molar-refractivity contribution in [1.29, 1.82) is 0 Å². The van der Waals surface area contributed by atoms with Crippen LogP contribution in [0.1, 0.15) is 71.8 Å². The summed E-state index contributed by atoms with van der Waals surface area (Å²) >= 11 is 0. The van der Waals surface area contributed by atoms with E-state index in [1.54, 1.807) is 0 Å². The molecule has 2 saturated carbocycles. The molecule has 0 radical (unpaired) electrons.